The Bertz CT molecular complexity index is 110. The first-order chi connectivity index (χ1) is 4.55. The van der Waals surface area contributed by atoms with Crippen LogP contribution in [0.15, 0.2) is 0 Å². The SMILES string of the molecule is CCC(C)C1CC(C)(C)N1. The van der Waals surface area contributed by atoms with Crippen LogP contribution < -0.4 is 5.32 Å². The second-order valence-electron chi connectivity index (χ2n) is 4.22. The summed E-state index contributed by atoms with van der Waals surface area (Å²) in [4.78, 5) is 0. The van der Waals surface area contributed by atoms with Crippen LogP contribution in [0.2, 0.25) is 0 Å². The first-order valence-electron chi connectivity index (χ1n) is 4.33. The van der Waals surface area contributed by atoms with Crippen molar-refractivity contribution in [2.75, 3.05) is 0 Å². The average Bonchev–Trinajstić information content (AvgIpc) is 1.81. The second kappa shape index (κ2) is 2.54. The third kappa shape index (κ3) is 1.51. The normalized spacial score (nSPS) is 33.0. The highest BCUT2D eigenvalue weighted by Gasteiger charge is 2.36. The molecule has 0 aromatic heterocycles. The molecule has 1 N–H and O–H groups in total. The summed E-state index contributed by atoms with van der Waals surface area (Å²) >= 11 is 0. The minimum absolute atomic E-state index is 0.425. The summed E-state index contributed by atoms with van der Waals surface area (Å²) in [6, 6.07) is 0.792. The Hall–Kier alpha value is -0.0400. The first kappa shape index (κ1) is 8.06. The van der Waals surface area contributed by atoms with Gasteiger partial charge < -0.3 is 5.32 Å². The van der Waals surface area contributed by atoms with Gasteiger partial charge in [0.1, 0.15) is 0 Å². The van der Waals surface area contributed by atoms with Crippen molar-refractivity contribution in [2.24, 2.45) is 5.92 Å². The van der Waals surface area contributed by atoms with Gasteiger partial charge in [-0.1, -0.05) is 20.3 Å². The van der Waals surface area contributed by atoms with Crippen molar-refractivity contribution in [2.45, 2.75) is 52.1 Å². The highest BCUT2D eigenvalue weighted by molar-refractivity contribution is 4.98. The van der Waals surface area contributed by atoms with Crippen LogP contribution in [-0.2, 0) is 0 Å². The quantitative estimate of drug-likeness (QED) is 0.621. The zero-order valence-corrected chi connectivity index (χ0v) is 7.57. The van der Waals surface area contributed by atoms with Gasteiger partial charge in [-0.25, -0.2) is 0 Å². The molecule has 0 aromatic rings. The van der Waals surface area contributed by atoms with Crippen LogP contribution in [0.25, 0.3) is 0 Å². The Morgan fingerprint density at radius 2 is 2.10 bits per heavy atom. The molecule has 1 fully saturated rings. The fourth-order valence-electron chi connectivity index (χ4n) is 1.66. The maximum atomic E-state index is 3.57. The molecule has 0 bridgehead atoms. The van der Waals surface area contributed by atoms with E-state index in [4.69, 9.17) is 0 Å². The molecule has 1 saturated heterocycles. The van der Waals surface area contributed by atoms with Crippen molar-refractivity contribution in [3.05, 3.63) is 0 Å². The lowest BCUT2D eigenvalue weighted by molar-refractivity contribution is 0.128. The molecule has 0 radical (unpaired) electrons. The van der Waals surface area contributed by atoms with Gasteiger partial charge in [-0.05, 0) is 26.2 Å². The van der Waals surface area contributed by atoms with E-state index < -0.39 is 0 Å². The summed E-state index contributed by atoms with van der Waals surface area (Å²) in [5, 5.41) is 3.57. The Labute approximate surface area is 64.2 Å². The number of rotatable bonds is 2. The summed E-state index contributed by atoms with van der Waals surface area (Å²) in [7, 11) is 0. The van der Waals surface area contributed by atoms with E-state index in [-0.39, 0.29) is 0 Å². The van der Waals surface area contributed by atoms with E-state index in [0.29, 0.717) is 5.54 Å². The van der Waals surface area contributed by atoms with Gasteiger partial charge >= 0.3 is 0 Å². The van der Waals surface area contributed by atoms with E-state index in [9.17, 15) is 0 Å². The molecule has 0 aliphatic carbocycles. The minimum atomic E-state index is 0.425. The van der Waals surface area contributed by atoms with Crippen molar-refractivity contribution in [1.82, 2.24) is 5.32 Å². The highest BCUT2D eigenvalue weighted by Crippen LogP contribution is 2.29. The molecule has 2 atom stereocenters. The number of hydrogen-bond donors (Lipinski definition) is 1. The molecule has 0 saturated carbocycles. The molecule has 1 aliphatic rings. The Balaban J connectivity index is 2.26. The van der Waals surface area contributed by atoms with Gasteiger partial charge in [0.15, 0.2) is 0 Å². The summed E-state index contributed by atoms with van der Waals surface area (Å²) in [5.74, 6) is 0.855. The van der Waals surface area contributed by atoms with E-state index in [1.165, 1.54) is 12.8 Å². The van der Waals surface area contributed by atoms with Crippen LogP contribution in [-0.4, -0.2) is 11.6 Å². The fraction of sp³-hybridized carbons (Fsp3) is 1.00. The van der Waals surface area contributed by atoms with Crippen LogP contribution in [0.4, 0.5) is 0 Å². The molecule has 0 aromatic carbocycles. The maximum absolute atomic E-state index is 3.57. The van der Waals surface area contributed by atoms with E-state index in [1.807, 2.05) is 0 Å². The predicted octanol–water partition coefficient (Wildman–Crippen LogP) is 2.17. The zero-order chi connectivity index (χ0) is 7.78. The number of hydrogen-bond acceptors (Lipinski definition) is 1. The standard InChI is InChI=1S/C9H19N/c1-5-7(2)8-6-9(3,4)10-8/h7-8,10H,5-6H2,1-4H3. The van der Waals surface area contributed by atoms with Gasteiger partial charge in [0.2, 0.25) is 0 Å². The van der Waals surface area contributed by atoms with E-state index in [2.05, 4.69) is 33.0 Å². The molecule has 0 spiro atoms. The molecule has 10 heavy (non-hydrogen) atoms. The minimum Gasteiger partial charge on any atom is -0.309 e. The molecule has 1 nitrogen and oxygen atoms in total. The maximum Gasteiger partial charge on any atom is 0.0142 e. The van der Waals surface area contributed by atoms with E-state index in [0.717, 1.165) is 12.0 Å². The molecule has 1 heterocycles. The van der Waals surface area contributed by atoms with Crippen LogP contribution in [0.5, 0.6) is 0 Å². The predicted molar refractivity (Wildman–Crippen MR) is 45.1 cm³/mol. The lowest BCUT2D eigenvalue weighted by atomic mass is 9.78. The van der Waals surface area contributed by atoms with Crippen LogP contribution in [0, 0.1) is 5.92 Å². The van der Waals surface area contributed by atoms with Gasteiger partial charge in [0.25, 0.3) is 0 Å². The van der Waals surface area contributed by atoms with Gasteiger partial charge in [0.05, 0.1) is 0 Å². The third-order valence-corrected chi connectivity index (χ3v) is 2.64. The zero-order valence-electron chi connectivity index (χ0n) is 7.57. The molecule has 1 aliphatic heterocycles. The second-order valence-corrected chi connectivity index (χ2v) is 4.22. The van der Waals surface area contributed by atoms with Crippen molar-refractivity contribution in [1.29, 1.82) is 0 Å². The highest BCUT2D eigenvalue weighted by atomic mass is 15.1. The summed E-state index contributed by atoms with van der Waals surface area (Å²) < 4.78 is 0. The lowest BCUT2D eigenvalue weighted by Crippen LogP contribution is -2.62. The van der Waals surface area contributed by atoms with Crippen molar-refractivity contribution < 1.29 is 0 Å². The Morgan fingerprint density at radius 3 is 2.40 bits per heavy atom. The van der Waals surface area contributed by atoms with Crippen molar-refractivity contribution >= 4 is 0 Å². The van der Waals surface area contributed by atoms with E-state index >= 15 is 0 Å². The van der Waals surface area contributed by atoms with Gasteiger partial charge in [-0.3, -0.25) is 0 Å². The summed E-state index contributed by atoms with van der Waals surface area (Å²) in [6.07, 6.45) is 2.65. The van der Waals surface area contributed by atoms with Crippen LogP contribution >= 0.6 is 0 Å². The van der Waals surface area contributed by atoms with Crippen molar-refractivity contribution in [3.63, 3.8) is 0 Å². The smallest absolute Gasteiger partial charge is 0.0142 e. The topological polar surface area (TPSA) is 12.0 Å². The molecule has 0 amide bonds. The summed E-state index contributed by atoms with van der Waals surface area (Å²) in [5.41, 5.74) is 0.425. The molecule has 60 valence electrons. The molecule has 1 rings (SSSR count). The van der Waals surface area contributed by atoms with E-state index in [1.54, 1.807) is 0 Å². The Morgan fingerprint density at radius 1 is 1.60 bits per heavy atom. The average molecular weight is 141 g/mol. The summed E-state index contributed by atoms with van der Waals surface area (Å²) in [6.45, 7) is 9.13. The molecule has 1 heteroatoms. The molecule has 2 unspecified atom stereocenters. The molecular weight excluding hydrogens is 122 g/mol. The van der Waals surface area contributed by atoms with Crippen LogP contribution in [0.3, 0.4) is 0 Å². The molecular formula is C9H19N. The number of nitrogens with one attached hydrogen (secondary N) is 1. The largest absolute Gasteiger partial charge is 0.309 e. The van der Waals surface area contributed by atoms with Gasteiger partial charge in [0, 0.05) is 11.6 Å². The Kier molecular flexibility index (Phi) is 2.04. The fourth-order valence-corrected chi connectivity index (χ4v) is 1.66. The van der Waals surface area contributed by atoms with Gasteiger partial charge in [-0.15, -0.1) is 0 Å². The first-order valence-corrected chi connectivity index (χ1v) is 4.33. The van der Waals surface area contributed by atoms with Gasteiger partial charge in [-0.2, -0.15) is 0 Å². The monoisotopic (exact) mass is 141 g/mol. The lowest BCUT2D eigenvalue weighted by Gasteiger charge is -2.47. The van der Waals surface area contributed by atoms with Crippen molar-refractivity contribution in [3.8, 4) is 0 Å². The third-order valence-electron chi connectivity index (χ3n) is 2.64. The van der Waals surface area contributed by atoms with Crippen LogP contribution in [0.1, 0.15) is 40.5 Å².